The normalized spacial score (nSPS) is 31.1. The Kier molecular flexibility index (Phi) is 4.86. The maximum absolute atomic E-state index is 9.25. The average Bonchev–Trinajstić information content (AvgIpc) is 2.09. The van der Waals surface area contributed by atoms with Crippen LogP contribution in [0.2, 0.25) is 0 Å². The molecule has 6 N–H and O–H groups in total. The first-order chi connectivity index (χ1) is 6.06. The lowest BCUT2D eigenvalue weighted by atomic mass is 10.0. The fourth-order valence-corrected chi connectivity index (χ4v) is 1.04. The number of nitrogens with one attached hydrogen (secondary N) is 1. The molecule has 3 atom stereocenters. The van der Waals surface area contributed by atoms with Gasteiger partial charge in [0.15, 0.2) is 17.7 Å². The quantitative estimate of drug-likeness (QED) is 0.284. The van der Waals surface area contributed by atoms with Crippen molar-refractivity contribution in [2.24, 2.45) is 5.73 Å². The van der Waals surface area contributed by atoms with Gasteiger partial charge in [-0.1, -0.05) is 0 Å². The van der Waals surface area contributed by atoms with Gasteiger partial charge < -0.3 is 25.8 Å². The molecule has 1 aliphatic rings. The van der Waals surface area contributed by atoms with Gasteiger partial charge in [0.25, 0.3) is 0 Å². The van der Waals surface area contributed by atoms with Crippen LogP contribution in [0.4, 0.5) is 0 Å². The van der Waals surface area contributed by atoms with E-state index in [0.717, 1.165) is 6.08 Å². The predicted molar refractivity (Wildman–Crippen MR) is 51.2 cm³/mol. The highest BCUT2D eigenvalue weighted by Gasteiger charge is 2.32. The Morgan fingerprint density at radius 3 is 2.57 bits per heavy atom. The van der Waals surface area contributed by atoms with Crippen molar-refractivity contribution in [3.8, 4) is 0 Å². The summed E-state index contributed by atoms with van der Waals surface area (Å²) in [6.45, 7) is -0.442. The standard InChI is InChI=1S/C7H12N2O4.ClH/c8-7(9)4-1-3(11)6(12)5(2-10)13-4;/h1,3,5-6,10-12H,2H2,(H3,8,9);1H. The van der Waals surface area contributed by atoms with Crippen molar-refractivity contribution >= 4 is 18.2 Å². The molecule has 0 aromatic heterocycles. The van der Waals surface area contributed by atoms with E-state index < -0.39 is 24.9 Å². The molecule has 0 spiro atoms. The van der Waals surface area contributed by atoms with Crippen LogP contribution < -0.4 is 5.73 Å². The van der Waals surface area contributed by atoms with Crippen LogP contribution in [-0.4, -0.2) is 46.1 Å². The van der Waals surface area contributed by atoms with Gasteiger partial charge in [0, 0.05) is 0 Å². The zero-order valence-corrected chi connectivity index (χ0v) is 8.07. The minimum absolute atomic E-state index is 0. The van der Waals surface area contributed by atoms with Gasteiger partial charge in [-0.15, -0.1) is 12.4 Å². The number of rotatable bonds is 2. The third-order valence-corrected chi connectivity index (χ3v) is 1.78. The van der Waals surface area contributed by atoms with Gasteiger partial charge in [0.1, 0.15) is 12.2 Å². The van der Waals surface area contributed by atoms with Gasteiger partial charge >= 0.3 is 0 Å². The molecule has 0 aromatic carbocycles. The third kappa shape index (κ3) is 2.58. The molecule has 0 amide bonds. The number of amidine groups is 1. The largest absolute Gasteiger partial charge is 0.482 e. The van der Waals surface area contributed by atoms with Crippen LogP contribution in [0, 0.1) is 5.41 Å². The predicted octanol–water partition coefficient (Wildman–Crippen LogP) is -1.66. The fraction of sp³-hybridized carbons (Fsp3) is 0.571. The first-order valence-corrected chi connectivity index (χ1v) is 3.76. The Morgan fingerprint density at radius 2 is 2.14 bits per heavy atom. The van der Waals surface area contributed by atoms with E-state index in [1.807, 2.05) is 0 Å². The molecular formula is C7H13ClN2O4. The number of aliphatic hydroxyl groups is 3. The second-order valence-corrected chi connectivity index (χ2v) is 2.76. The Bertz CT molecular complexity index is 246. The van der Waals surface area contributed by atoms with Gasteiger partial charge in [-0.05, 0) is 6.08 Å². The SMILES string of the molecule is Cl.N=C(N)C1=CC(O)C(O)C(CO)O1. The highest BCUT2D eigenvalue weighted by molar-refractivity contribution is 5.92. The first kappa shape index (κ1) is 13.2. The van der Waals surface area contributed by atoms with Crippen LogP contribution in [0.5, 0.6) is 0 Å². The molecule has 82 valence electrons. The molecule has 1 heterocycles. The maximum Gasteiger partial charge on any atom is 0.160 e. The summed E-state index contributed by atoms with van der Waals surface area (Å²) in [6.07, 6.45) is -2.14. The lowest BCUT2D eigenvalue weighted by Gasteiger charge is -2.30. The number of hydrogen-bond acceptors (Lipinski definition) is 5. The van der Waals surface area contributed by atoms with Gasteiger partial charge in [-0.2, -0.15) is 0 Å². The van der Waals surface area contributed by atoms with Crippen molar-refractivity contribution in [1.82, 2.24) is 0 Å². The Morgan fingerprint density at radius 1 is 1.57 bits per heavy atom. The lowest BCUT2D eigenvalue weighted by Crippen LogP contribution is -2.45. The second-order valence-electron chi connectivity index (χ2n) is 2.76. The number of aliphatic hydroxyl groups excluding tert-OH is 3. The molecule has 0 aromatic rings. The summed E-state index contributed by atoms with van der Waals surface area (Å²) in [4.78, 5) is 0. The molecule has 0 aliphatic carbocycles. The van der Waals surface area contributed by atoms with E-state index >= 15 is 0 Å². The minimum Gasteiger partial charge on any atom is -0.482 e. The van der Waals surface area contributed by atoms with Crippen molar-refractivity contribution in [2.75, 3.05) is 6.61 Å². The van der Waals surface area contributed by atoms with Crippen LogP contribution >= 0.6 is 12.4 Å². The van der Waals surface area contributed by atoms with Crippen LogP contribution in [0.1, 0.15) is 0 Å². The second kappa shape index (κ2) is 5.16. The van der Waals surface area contributed by atoms with Crippen molar-refractivity contribution in [3.05, 3.63) is 11.8 Å². The number of hydrogen-bond donors (Lipinski definition) is 5. The topological polar surface area (TPSA) is 120 Å². The first-order valence-electron chi connectivity index (χ1n) is 3.76. The molecule has 3 unspecified atom stereocenters. The summed E-state index contributed by atoms with van der Waals surface area (Å²) in [6, 6.07) is 0. The van der Waals surface area contributed by atoms with Gasteiger partial charge in [-0.25, -0.2) is 0 Å². The summed E-state index contributed by atoms with van der Waals surface area (Å²) in [5, 5.41) is 34.2. The monoisotopic (exact) mass is 224 g/mol. The maximum atomic E-state index is 9.25. The summed E-state index contributed by atoms with van der Waals surface area (Å²) in [7, 11) is 0. The number of ether oxygens (including phenoxy) is 1. The number of nitrogens with two attached hydrogens (primary N) is 1. The summed E-state index contributed by atoms with van der Waals surface area (Å²) in [5.41, 5.74) is 5.11. The van der Waals surface area contributed by atoms with E-state index in [-0.39, 0.29) is 24.0 Å². The van der Waals surface area contributed by atoms with Gasteiger partial charge in [0.05, 0.1) is 6.61 Å². The zero-order chi connectivity index (χ0) is 10.0. The van der Waals surface area contributed by atoms with Crippen molar-refractivity contribution < 1.29 is 20.1 Å². The highest BCUT2D eigenvalue weighted by Crippen LogP contribution is 2.17. The van der Waals surface area contributed by atoms with Gasteiger partial charge in [-0.3, -0.25) is 5.41 Å². The highest BCUT2D eigenvalue weighted by atomic mass is 35.5. The van der Waals surface area contributed by atoms with Crippen LogP contribution in [-0.2, 0) is 4.74 Å². The average molecular weight is 225 g/mol. The fourth-order valence-electron chi connectivity index (χ4n) is 1.04. The molecule has 0 bridgehead atoms. The molecule has 0 saturated heterocycles. The smallest absolute Gasteiger partial charge is 0.160 e. The molecular weight excluding hydrogens is 212 g/mol. The molecule has 0 saturated carbocycles. The van der Waals surface area contributed by atoms with Crippen molar-refractivity contribution in [3.63, 3.8) is 0 Å². The lowest BCUT2D eigenvalue weighted by molar-refractivity contribution is -0.0860. The number of halogens is 1. The molecule has 6 nitrogen and oxygen atoms in total. The Balaban J connectivity index is 0.00000169. The van der Waals surface area contributed by atoms with E-state index in [0.29, 0.717) is 0 Å². The Labute approximate surface area is 86.9 Å². The molecule has 14 heavy (non-hydrogen) atoms. The van der Waals surface area contributed by atoms with Crippen molar-refractivity contribution in [1.29, 1.82) is 5.41 Å². The van der Waals surface area contributed by atoms with Crippen LogP contribution in [0.25, 0.3) is 0 Å². The Hall–Kier alpha value is -0.820. The molecule has 0 fully saturated rings. The molecule has 1 rings (SSSR count). The van der Waals surface area contributed by atoms with E-state index in [1.165, 1.54) is 0 Å². The van der Waals surface area contributed by atoms with E-state index in [4.69, 9.17) is 21.0 Å². The van der Waals surface area contributed by atoms with E-state index in [9.17, 15) is 10.2 Å². The van der Waals surface area contributed by atoms with Crippen LogP contribution in [0.15, 0.2) is 11.8 Å². The van der Waals surface area contributed by atoms with E-state index in [1.54, 1.807) is 0 Å². The molecule has 7 heteroatoms. The minimum atomic E-state index is -1.19. The summed E-state index contributed by atoms with van der Waals surface area (Å²) in [5.74, 6) is -0.360. The molecule has 0 radical (unpaired) electrons. The molecule has 1 aliphatic heterocycles. The zero-order valence-electron chi connectivity index (χ0n) is 7.25. The van der Waals surface area contributed by atoms with E-state index in [2.05, 4.69) is 0 Å². The van der Waals surface area contributed by atoms with Gasteiger partial charge in [0.2, 0.25) is 0 Å². The van der Waals surface area contributed by atoms with Crippen LogP contribution in [0.3, 0.4) is 0 Å². The summed E-state index contributed by atoms with van der Waals surface area (Å²) >= 11 is 0. The van der Waals surface area contributed by atoms with Crippen molar-refractivity contribution in [2.45, 2.75) is 18.3 Å². The summed E-state index contributed by atoms with van der Waals surface area (Å²) < 4.78 is 4.93. The third-order valence-electron chi connectivity index (χ3n) is 1.78.